The van der Waals surface area contributed by atoms with Crippen molar-refractivity contribution >= 4 is 11.0 Å². The van der Waals surface area contributed by atoms with Crippen LogP contribution in [0.5, 0.6) is 0 Å². The lowest BCUT2D eigenvalue weighted by Gasteiger charge is -2.23. The summed E-state index contributed by atoms with van der Waals surface area (Å²) in [5.41, 5.74) is 0. The number of nitrogens with one attached hydrogen (secondary N) is 1. The average molecular weight is 281 g/mol. The second-order valence-electron chi connectivity index (χ2n) is 3.69. The minimum absolute atomic E-state index is 0.0251. The minimum atomic E-state index is -4.10. The van der Waals surface area contributed by atoms with E-state index in [1.165, 1.54) is 0 Å². The van der Waals surface area contributed by atoms with E-state index < -0.39 is 36.4 Å². The lowest BCUT2D eigenvalue weighted by atomic mass is 10.3. The molecule has 0 saturated heterocycles. The standard InChI is InChI=1S/C8H15F4NO3S/c1-5(2)3-17(15)13-7(6(9)10)16-8(11,12)4-14/h5-7,13-14H,3-4H2,1-2H3/t7-,17?/m1/s1. The topological polar surface area (TPSA) is 58.6 Å². The molecule has 0 aromatic carbocycles. The van der Waals surface area contributed by atoms with Crippen molar-refractivity contribution in [2.24, 2.45) is 5.92 Å². The second kappa shape index (κ2) is 7.24. The molecule has 0 fully saturated rings. The first kappa shape index (κ1) is 16.8. The minimum Gasteiger partial charge on any atom is -0.387 e. The Labute approximate surface area is 98.9 Å². The van der Waals surface area contributed by atoms with Crippen LogP contribution < -0.4 is 4.72 Å². The summed E-state index contributed by atoms with van der Waals surface area (Å²) in [6.07, 6.45) is -9.78. The fourth-order valence-electron chi connectivity index (χ4n) is 0.830. The van der Waals surface area contributed by atoms with Crippen molar-refractivity contribution in [1.82, 2.24) is 4.72 Å². The van der Waals surface area contributed by atoms with Crippen LogP contribution in [0.2, 0.25) is 0 Å². The third-order valence-electron chi connectivity index (χ3n) is 1.44. The molecule has 17 heavy (non-hydrogen) atoms. The normalized spacial score (nSPS) is 16.5. The molecule has 1 unspecified atom stereocenters. The molecule has 0 aromatic rings. The Hall–Kier alpha value is -0.250. The van der Waals surface area contributed by atoms with Crippen LogP contribution in [0.15, 0.2) is 0 Å². The second-order valence-corrected chi connectivity index (χ2v) is 4.95. The van der Waals surface area contributed by atoms with E-state index in [9.17, 15) is 21.8 Å². The molecule has 2 N–H and O–H groups in total. The first-order chi connectivity index (χ1) is 7.68. The third kappa shape index (κ3) is 7.63. The van der Waals surface area contributed by atoms with Gasteiger partial charge < -0.3 is 5.11 Å². The zero-order valence-electron chi connectivity index (χ0n) is 9.33. The van der Waals surface area contributed by atoms with E-state index in [-0.39, 0.29) is 11.7 Å². The largest absolute Gasteiger partial charge is 0.387 e. The summed E-state index contributed by atoms with van der Waals surface area (Å²) in [5.74, 6) is -0.0305. The summed E-state index contributed by atoms with van der Waals surface area (Å²) in [5, 5.41) is 8.18. The molecule has 0 bridgehead atoms. The van der Waals surface area contributed by atoms with Gasteiger partial charge in [-0.25, -0.2) is 17.7 Å². The monoisotopic (exact) mass is 281 g/mol. The van der Waals surface area contributed by atoms with Gasteiger partial charge in [-0.15, -0.1) is 0 Å². The van der Waals surface area contributed by atoms with E-state index in [1.807, 2.05) is 0 Å². The van der Waals surface area contributed by atoms with Gasteiger partial charge >= 0.3 is 6.11 Å². The van der Waals surface area contributed by atoms with Crippen LogP contribution in [0.4, 0.5) is 17.6 Å². The Bertz CT molecular complexity index is 253. The molecule has 9 heteroatoms. The van der Waals surface area contributed by atoms with Crippen LogP contribution in [-0.2, 0) is 15.7 Å². The summed E-state index contributed by atoms with van der Waals surface area (Å²) in [4.78, 5) is 0. The molecule has 0 aliphatic heterocycles. The molecule has 0 amide bonds. The zero-order valence-corrected chi connectivity index (χ0v) is 10.1. The average Bonchev–Trinajstić information content (AvgIpc) is 2.15. The fraction of sp³-hybridized carbons (Fsp3) is 1.00. The van der Waals surface area contributed by atoms with Crippen LogP contribution >= 0.6 is 0 Å². The number of alkyl halides is 4. The maximum Gasteiger partial charge on any atom is 0.380 e. The summed E-state index contributed by atoms with van der Waals surface area (Å²) in [6, 6.07) is 0. The molecular formula is C8H15F4NO3S. The van der Waals surface area contributed by atoms with Crippen LogP contribution in [0.1, 0.15) is 13.8 Å². The Kier molecular flexibility index (Phi) is 7.14. The van der Waals surface area contributed by atoms with Gasteiger partial charge in [0.2, 0.25) is 0 Å². The molecule has 2 atom stereocenters. The first-order valence-electron chi connectivity index (χ1n) is 4.77. The number of hydrogen-bond acceptors (Lipinski definition) is 3. The zero-order chi connectivity index (χ0) is 13.6. The van der Waals surface area contributed by atoms with E-state index in [1.54, 1.807) is 18.6 Å². The van der Waals surface area contributed by atoms with Crippen LogP contribution in [-0.4, -0.2) is 40.4 Å². The van der Waals surface area contributed by atoms with E-state index in [4.69, 9.17) is 5.11 Å². The van der Waals surface area contributed by atoms with Crippen molar-refractivity contribution in [2.75, 3.05) is 12.4 Å². The van der Waals surface area contributed by atoms with E-state index in [0.29, 0.717) is 0 Å². The van der Waals surface area contributed by atoms with Crippen molar-refractivity contribution < 1.29 is 31.6 Å². The number of rotatable bonds is 8. The Balaban J connectivity index is 4.40. The van der Waals surface area contributed by atoms with Crippen molar-refractivity contribution in [2.45, 2.75) is 32.6 Å². The molecule has 0 heterocycles. The summed E-state index contributed by atoms with van der Waals surface area (Å²) in [6.45, 7) is 1.66. The molecule has 0 saturated carbocycles. The maximum absolute atomic E-state index is 12.5. The van der Waals surface area contributed by atoms with Gasteiger partial charge in [0.15, 0.2) is 6.23 Å². The van der Waals surface area contributed by atoms with Gasteiger partial charge in [0, 0.05) is 5.75 Å². The molecule has 0 aromatic heterocycles. The molecule has 0 radical (unpaired) electrons. The van der Waals surface area contributed by atoms with Gasteiger partial charge in [0.25, 0.3) is 6.43 Å². The van der Waals surface area contributed by atoms with Crippen molar-refractivity contribution in [3.63, 3.8) is 0 Å². The summed E-state index contributed by atoms with van der Waals surface area (Å²) >= 11 is 0. The predicted molar refractivity (Wildman–Crippen MR) is 53.9 cm³/mol. The predicted octanol–water partition coefficient (Wildman–Crippen LogP) is 1.09. The number of hydrogen-bond donors (Lipinski definition) is 2. The van der Waals surface area contributed by atoms with Crippen LogP contribution in [0.3, 0.4) is 0 Å². The highest BCUT2D eigenvalue weighted by Crippen LogP contribution is 2.19. The molecule has 0 aliphatic carbocycles. The van der Waals surface area contributed by atoms with Crippen LogP contribution in [0, 0.1) is 5.92 Å². The quantitative estimate of drug-likeness (QED) is 0.517. The maximum atomic E-state index is 12.5. The molecular weight excluding hydrogens is 266 g/mol. The van der Waals surface area contributed by atoms with Crippen molar-refractivity contribution in [1.29, 1.82) is 0 Å². The molecule has 4 nitrogen and oxygen atoms in total. The van der Waals surface area contributed by atoms with Gasteiger partial charge in [-0.3, -0.25) is 4.74 Å². The molecule has 0 spiro atoms. The van der Waals surface area contributed by atoms with Gasteiger partial charge in [0.1, 0.15) is 6.61 Å². The van der Waals surface area contributed by atoms with Gasteiger partial charge in [0.05, 0.1) is 11.0 Å². The van der Waals surface area contributed by atoms with E-state index >= 15 is 0 Å². The Morgan fingerprint density at radius 2 is 1.94 bits per heavy atom. The molecule has 104 valence electrons. The van der Waals surface area contributed by atoms with Crippen molar-refractivity contribution in [3.05, 3.63) is 0 Å². The first-order valence-corrected chi connectivity index (χ1v) is 6.09. The van der Waals surface area contributed by atoms with E-state index in [0.717, 1.165) is 0 Å². The molecule has 0 aliphatic rings. The summed E-state index contributed by atoms with van der Waals surface area (Å²) in [7, 11) is -1.91. The Morgan fingerprint density at radius 3 is 2.29 bits per heavy atom. The highest BCUT2D eigenvalue weighted by Gasteiger charge is 2.37. The summed E-state index contributed by atoms with van der Waals surface area (Å²) < 4.78 is 66.3. The SMILES string of the molecule is CC(C)CS(=O)N[C@H](OC(F)(F)CO)C(F)F. The number of aliphatic hydroxyl groups is 1. The molecule has 0 rings (SSSR count). The number of aliphatic hydroxyl groups excluding tert-OH is 1. The van der Waals surface area contributed by atoms with E-state index in [2.05, 4.69) is 4.74 Å². The lowest BCUT2D eigenvalue weighted by molar-refractivity contribution is -0.296. The number of halogens is 4. The Morgan fingerprint density at radius 1 is 1.41 bits per heavy atom. The highest BCUT2D eigenvalue weighted by molar-refractivity contribution is 7.83. The number of ether oxygens (including phenoxy) is 1. The fourth-order valence-corrected chi connectivity index (χ4v) is 1.94. The van der Waals surface area contributed by atoms with Gasteiger partial charge in [-0.2, -0.15) is 8.78 Å². The van der Waals surface area contributed by atoms with Crippen LogP contribution in [0.25, 0.3) is 0 Å². The van der Waals surface area contributed by atoms with Crippen molar-refractivity contribution in [3.8, 4) is 0 Å². The highest BCUT2D eigenvalue weighted by atomic mass is 32.2. The third-order valence-corrected chi connectivity index (χ3v) is 2.91. The van der Waals surface area contributed by atoms with Gasteiger partial charge in [-0.1, -0.05) is 13.8 Å². The lowest BCUT2D eigenvalue weighted by Crippen LogP contribution is -2.45. The smallest absolute Gasteiger partial charge is 0.380 e. The van der Waals surface area contributed by atoms with Gasteiger partial charge in [-0.05, 0) is 5.92 Å².